The number of fused-ring (bicyclic) bond motifs is 2. The van der Waals surface area contributed by atoms with Gasteiger partial charge in [0.25, 0.3) is 5.95 Å². The molecule has 5 atom stereocenters. The molecular formula is C28H33NO6. The summed E-state index contributed by atoms with van der Waals surface area (Å²) in [6, 6.07) is 7.35. The number of ether oxygens (including phenoxy) is 2. The molecule has 35 heavy (non-hydrogen) atoms. The quantitative estimate of drug-likeness (QED) is 0.550. The zero-order valence-electron chi connectivity index (χ0n) is 21.1. The van der Waals surface area contributed by atoms with Gasteiger partial charge in [0.05, 0.1) is 25.0 Å². The van der Waals surface area contributed by atoms with Crippen molar-refractivity contribution in [3.05, 3.63) is 80.2 Å². The first-order chi connectivity index (χ1) is 16.5. The number of benzene rings is 1. The lowest BCUT2D eigenvalue weighted by Gasteiger charge is -2.67. The second-order valence-electron chi connectivity index (χ2n) is 10.7. The van der Waals surface area contributed by atoms with Crippen LogP contribution in [-0.2, 0) is 4.74 Å². The molecule has 1 aromatic carbocycles. The molecule has 1 spiro atoms. The first-order valence-electron chi connectivity index (χ1n) is 12.0. The fourth-order valence-electron chi connectivity index (χ4n) is 7.58. The maximum absolute atomic E-state index is 12.9. The number of rotatable bonds is 4. The Balaban J connectivity index is 1.59. The fourth-order valence-corrected chi connectivity index (χ4v) is 7.58. The largest absolute Gasteiger partial charge is 0.468 e. The summed E-state index contributed by atoms with van der Waals surface area (Å²) in [5.74, 6) is 1.19. The van der Waals surface area contributed by atoms with Gasteiger partial charge in [0.1, 0.15) is 11.9 Å². The average molecular weight is 480 g/mol. The highest BCUT2D eigenvalue weighted by Crippen LogP contribution is 2.76. The Morgan fingerprint density at radius 2 is 1.74 bits per heavy atom. The molecule has 2 aromatic rings. The molecule has 0 bridgehead atoms. The Bertz CT molecular complexity index is 1290. The number of methoxy groups -OCH3 is 1. The minimum absolute atomic E-state index is 0.0805. The van der Waals surface area contributed by atoms with Gasteiger partial charge in [-0.1, -0.05) is 42.4 Å². The van der Waals surface area contributed by atoms with Gasteiger partial charge in [-0.15, -0.1) is 5.23 Å². The van der Waals surface area contributed by atoms with Gasteiger partial charge in [0.15, 0.2) is 5.43 Å². The van der Waals surface area contributed by atoms with E-state index in [9.17, 15) is 15.2 Å². The van der Waals surface area contributed by atoms with Crippen molar-refractivity contribution in [2.45, 2.75) is 53.1 Å². The molecular weight excluding hydrogens is 446 g/mol. The van der Waals surface area contributed by atoms with Crippen LogP contribution in [0.4, 0.5) is 5.69 Å². The van der Waals surface area contributed by atoms with Crippen molar-refractivity contribution in [2.24, 2.45) is 16.7 Å². The van der Waals surface area contributed by atoms with Gasteiger partial charge in [0, 0.05) is 22.3 Å². The molecule has 0 radical (unpaired) electrons. The predicted octanol–water partition coefficient (Wildman–Crippen LogP) is 5.62. The molecule has 2 aliphatic carbocycles. The first kappa shape index (κ1) is 23.9. The van der Waals surface area contributed by atoms with Crippen LogP contribution in [0.1, 0.15) is 61.7 Å². The van der Waals surface area contributed by atoms with Gasteiger partial charge in [-0.05, 0) is 57.7 Å². The Kier molecular flexibility index (Phi) is 5.51. The molecule has 1 saturated carbocycles. The van der Waals surface area contributed by atoms with Crippen LogP contribution in [0.15, 0.2) is 56.8 Å². The van der Waals surface area contributed by atoms with Crippen molar-refractivity contribution in [1.82, 2.24) is 0 Å². The van der Waals surface area contributed by atoms with E-state index < -0.39 is 0 Å². The molecule has 2 unspecified atom stereocenters. The molecule has 7 nitrogen and oxygen atoms in total. The Labute approximate surface area is 205 Å². The maximum atomic E-state index is 12.9. The van der Waals surface area contributed by atoms with E-state index in [1.54, 1.807) is 26.0 Å². The second-order valence-corrected chi connectivity index (χ2v) is 10.7. The molecule has 1 aliphatic heterocycles. The van der Waals surface area contributed by atoms with Gasteiger partial charge in [-0.25, -0.2) is 0 Å². The van der Waals surface area contributed by atoms with Crippen molar-refractivity contribution < 1.29 is 24.3 Å². The summed E-state index contributed by atoms with van der Waals surface area (Å²) in [6.45, 7) is 10.7. The number of hydrogen-bond donors (Lipinski definition) is 2. The van der Waals surface area contributed by atoms with Crippen LogP contribution < -0.4 is 15.4 Å². The summed E-state index contributed by atoms with van der Waals surface area (Å²) in [6.07, 6.45) is 4.98. The van der Waals surface area contributed by atoms with E-state index in [1.165, 1.54) is 18.3 Å². The van der Waals surface area contributed by atoms with Crippen LogP contribution in [0.3, 0.4) is 0 Å². The highest BCUT2D eigenvalue weighted by molar-refractivity contribution is 5.50. The van der Waals surface area contributed by atoms with Gasteiger partial charge in [-0.3, -0.25) is 15.2 Å². The van der Waals surface area contributed by atoms with Crippen molar-refractivity contribution in [1.29, 1.82) is 0 Å². The normalized spacial score (nSPS) is 31.5. The Hall–Kier alpha value is -2.87. The summed E-state index contributed by atoms with van der Waals surface area (Å²) in [4.78, 5) is 12.9. The zero-order valence-corrected chi connectivity index (χ0v) is 21.1. The van der Waals surface area contributed by atoms with E-state index in [4.69, 9.17) is 13.9 Å². The maximum Gasteiger partial charge on any atom is 0.291 e. The standard InChI is InChI=1S/C28H33NO6/c1-15-11-16(2)24-27(5,12-15)25(19-7-9-20(10-8-19)29(31)32)28(24)13-21(34-14-28)23-17(3)22(30)18(4)26(33-6)35-23/h7-12,21,24-25,31-32H,13-14H2,1-6H3/t21?,24?,25-,27+,28+/m1/s1. The molecule has 2 fully saturated rings. The third kappa shape index (κ3) is 3.33. The summed E-state index contributed by atoms with van der Waals surface area (Å²) in [7, 11) is 1.50. The zero-order chi connectivity index (χ0) is 25.3. The van der Waals surface area contributed by atoms with E-state index >= 15 is 0 Å². The lowest BCUT2D eigenvalue weighted by atomic mass is 9.35. The minimum Gasteiger partial charge on any atom is -0.468 e. The highest BCUT2D eigenvalue weighted by atomic mass is 16.8. The molecule has 7 heteroatoms. The molecule has 0 amide bonds. The molecule has 1 saturated heterocycles. The van der Waals surface area contributed by atoms with Crippen molar-refractivity contribution in [3.63, 3.8) is 0 Å². The smallest absolute Gasteiger partial charge is 0.291 e. The fraction of sp³-hybridized carbons (Fsp3) is 0.464. The van der Waals surface area contributed by atoms with Crippen molar-refractivity contribution in [2.75, 3.05) is 18.9 Å². The lowest BCUT2D eigenvalue weighted by molar-refractivity contribution is -0.101. The third-order valence-electron chi connectivity index (χ3n) is 8.46. The van der Waals surface area contributed by atoms with E-state index in [0.717, 1.165) is 5.56 Å². The van der Waals surface area contributed by atoms with E-state index in [2.05, 4.69) is 32.9 Å². The second kappa shape index (κ2) is 8.08. The number of hydrogen-bond acceptors (Lipinski definition) is 7. The van der Waals surface area contributed by atoms with Crippen LogP contribution in [-0.4, -0.2) is 24.1 Å². The molecule has 5 rings (SSSR count). The number of allylic oxidation sites excluding steroid dienone is 4. The molecule has 2 N–H and O–H groups in total. The Morgan fingerprint density at radius 1 is 1.06 bits per heavy atom. The van der Waals surface area contributed by atoms with E-state index in [0.29, 0.717) is 35.6 Å². The van der Waals surface area contributed by atoms with Crippen LogP contribution in [0.25, 0.3) is 0 Å². The highest BCUT2D eigenvalue weighted by Gasteiger charge is 2.71. The van der Waals surface area contributed by atoms with Gasteiger partial charge < -0.3 is 13.9 Å². The topological polar surface area (TPSA) is 92.4 Å². The van der Waals surface area contributed by atoms with Crippen LogP contribution in [0.2, 0.25) is 0 Å². The van der Waals surface area contributed by atoms with Gasteiger partial charge >= 0.3 is 0 Å². The van der Waals surface area contributed by atoms with E-state index in [1.807, 2.05) is 12.1 Å². The average Bonchev–Trinajstić information content (AvgIpc) is 3.23. The SMILES string of the molecule is COc1oc(C2C[C@]3(CO2)C2C(C)=CC(C)=C[C@]2(C)[C@H]3c2ccc(N(O)O)cc2)c(C)c(=O)c1C. The first-order valence-corrected chi connectivity index (χ1v) is 12.0. The third-order valence-corrected chi connectivity index (χ3v) is 8.46. The minimum atomic E-state index is -0.353. The predicted molar refractivity (Wildman–Crippen MR) is 131 cm³/mol. The molecule has 186 valence electrons. The van der Waals surface area contributed by atoms with Gasteiger partial charge in [0.2, 0.25) is 0 Å². The molecule has 3 aliphatic rings. The Morgan fingerprint density at radius 3 is 2.37 bits per heavy atom. The summed E-state index contributed by atoms with van der Waals surface area (Å²) in [5.41, 5.74) is 4.65. The monoisotopic (exact) mass is 479 g/mol. The summed E-state index contributed by atoms with van der Waals surface area (Å²) >= 11 is 0. The molecule has 1 aromatic heterocycles. The van der Waals surface area contributed by atoms with Gasteiger partial charge in [-0.2, -0.15) is 0 Å². The lowest BCUT2D eigenvalue weighted by Crippen LogP contribution is -2.62. The summed E-state index contributed by atoms with van der Waals surface area (Å²) < 4.78 is 17.8. The summed E-state index contributed by atoms with van der Waals surface area (Å²) in [5, 5.41) is 19.0. The van der Waals surface area contributed by atoms with Crippen LogP contribution >= 0.6 is 0 Å². The number of nitrogens with zero attached hydrogens (tertiary/aromatic N) is 1. The number of anilines is 1. The van der Waals surface area contributed by atoms with E-state index in [-0.39, 0.29) is 45.4 Å². The van der Waals surface area contributed by atoms with Crippen LogP contribution in [0.5, 0.6) is 5.95 Å². The van der Waals surface area contributed by atoms with Crippen LogP contribution in [0, 0.1) is 30.6 Å². The van der Waals surface area contributed by atoms with Crippen molar-refractivity contribution >= 4 is 5.69 Å². The molecule has 2 heterocycles. The van der Waals surface area contributed by atoms with Crippen molar-refractivity contribution in [3.8, 4) is 5.95 Å².